The van der Waals surface area contributed by atoms with Crippen molar-refractivity contribution in [2.24, 2.45) is 0 Å². The Morgan fingerprint density at radius 1 is 1.03 bits per heavy atom. The van der Waals surface area contributed by atoms with Crippen molar-refractivity contribution < 1.29 is 13.4 Å². The van der Waals surface area contributed by atoms with Crippen LogP contribution in [0.1, 0.15) is 27.4 Å². The first kappa shape index (κ1) is 21.7. The second-order valence-corrected chi connectivity index (χ2v) is 9.67. The Balaban J connectivity index is 1.37. The number of nitrogens with zero attached hydrogens (tertiary/aromatic N) is 2. The molecule has 0 bridgehead atoms. The van der Waals surface area contributed by atoms with Crippen molar-refractivity contribution >= 4 is 34.0 Å². The molecular weight excluding hydrogens is 432 g/mol. The van der Waals surface area contributed by atoms with E-state index >= 15 is 0 Å². The number of hydrogen-bond acceptors (Lipinski definition) is 4. The number of carbonyl (C=O) groups is 1. The summed E-state index contributed by atoms with van der Waals surface area (Å²) >= 11 is 5.98. The smallest absolute Gasteiger partial charge is 0.289 e. The van der Waals surface area contributed by atoms with Crippen LogP contribution in [0, 0.1) is 13.8 Å². The minimum atomic E-state index is -1.29. The number of halogens is 1. The Labute approximate surface area is 190 Å². The van der Waals surface area contributed by atoms with Gasteiger partial charge in [0.25, 0.3) is 5.91 Å². The summed E-state index contributed by atoms with van der Waals surface area (Å²) in [5.74, 6) is 0.892. The highest BCUT2D eigenvalue weighted by molar-refractivity contribution is 7.84. The van der Waals surface area contributed by atoms with Gasteiger partial charge in [-0.3, -0.25) is 9.00 Å². The van der Waals surface area contributed by atoms with E-state index in [0.717, 1.165) is 13.1 Å². The summed E-state index contributed by atoms with van der Waals surface area (Å²) < 4.78 is 18.3. The minimum absolute atomic E-state index is 0.125. The van der Waals surface area contributed by atoms with Crippen LogP contribution in [-0.2, 0) is 16.6 Å². The molecule has 1 aromatic heterocycles. The van der Waals surface area contributed by atoms with Gasteiger partial charge in [-0.1, -0.05) is 29.8 Å². The number of aryl methyl sites for hydroxylation is 2. The molecule has 5 nitrogen and oxygen atoms in total. The van der Waals surface area contributed by atoms with E-state index in [0.29, 0.717) is 34.5 Å². The highest BCUT2D eigenvalue weighted by Gasteiger charge is 2.25. The number of rotatable bonds is 5. The molecule has 2 aromatic carbocycles. The third-order valence-corrected chi connectivity index (χ3v) is 7.04. The third-order valence-electron chi connectivity index (χ3n) is 5.48. The van der Waals surface area contributed by atoms with E-state index in [1.54, 1.807) is 36.4 Å². The van der Waals surface area contributed by atoms with Gasteiger partial charge < -0.3 is 14.2 Å². The standard InChI is InChI=1S/C24H25ClN2O3S/c1-17-6-7-18(2)22(14-17)26-10-12-27(13-11-26)24(28)23-9-8-20(30-23)16-31(29)21-5-3-4-19(25)15-21/h3-9,14-15H,10-13,16H2,1-2H3/t31-/m1/s1. The second kappa shape index (κ2) is 9.28. The van der Waals surface area contributed by atoms with Crippen LogP contribution < -0.4 is 4.90 Å². The zero-order valence-corrected chi connectivity index (χ0v) is 19.2. The molecular formula is C24H25ClN2O3S. The maximum atomic E-state index is 12.9. The molecule has 7 heteroatoms. The molecule has 162 valence electrons. The number of benzene rings is 2. The summed E-state index contributed by atoms with van der Waals surface area (Å²) in [5.41, 5.74) is 3.71. The first-order valence-electron chi connectivity index (χ1n) is 10.2. The van der Waals surface area contributed by atoms with E-state index < -0.39 is 10.8 Å². The van der Waals surface area contributed by atoms with Crippen LogP contribution in [0.2, 0.25) is 5.02 Å². The van der Waals surface area contributed by atoms with Gasteiger partial charge in [-0.05, 0) is 61.4 Å². The highest BCUT2D eigenvalue weighted by Crippen LogP contribution is 2.24. The second-order valence-electron chi connectivity index (χ2n) is 7.78. The lowest BCUT2D eigenvalue weighted by Crippen LogP contribution is -2.49. The van der Waals surface area contributed by atoms with Gasteiger partial charge in [0, 0.05) is 41.8 Å². The molecule has 0 radical (unpaired) electrons. The predicted octanol–water partition coefficient (Wildman–Crippen LogP) is 4.82. The molecule has 2 heterocycles. The van der Waals surface area contributed by atoms with E-state index in [1.165, 1.54) is 16.8 Å². The molecule has 0 unspecified atom stereocenters. The third kappa shape index (κ3) is 5.02. The van der Waals surface area contributed by atoms with E-state index in [2.05, 4.69) is 36.9 Å². The fraction of sp³-hybridized carbons (Fsp3) is 0.292. The highest BCUT2D eigenvalue weighted by atomic mass is 35.5. The molecule has 31 heavy (non-hydrogen) atoms. The van der Waals surface area contributed by atoms with Gasteiger partial charge in [-0.15, -0.1) is 0 Å². The fourth-order valence-electron chi connectivity index (χ4n) is 3.76. The molecule has 0 N–H and O–H groups in total. The average molecular weight is 457 g/mol. The molecule has 1 fully saturated rings. The zero-order valence-electron chi connectivity index (χ0n) is 17.6. The first-order valence-corrected chi connectivity index (χ1v) is 11.9. The number of carbonyl (C=O) groups excluding carboxylic acids is 1. The van der Waals surface area contributed by atoms with Crippen LogP contribution in [0.5, 0.6) is 0 Å². The molecule has 4 rings (SSSR count). The van der Waals surface area contributed by atoms with Gasteiger partial charge in [0.2, 0.25) is 0 Å². The quantitative estimate of drug-likeness (QED) is 0.552. The van der Waals surface area contributed by atoms with Crippen molar-refractivity contribution in [3.63, 3.8) is 0 Å². The number of amides is 1. The van der Waals surface area contributed by atoms with E-state index in [9.17, 15) is 9.00 Å². The van der Waals surface area contributed by atoms with E-state index in [4.69, 9.17) is 16.0 Å². The molecule has 1 atom stereocenters. The number of hydrogen-bond donors (Lipinski definition) is 0. The van der Waals surface area contributed by atoms with E-state index in [-0.39, 0.29) is 11.7 Å². The number of anilines is 1. The predicted molar refractivity (Wildman–Crippen MR) is 124 cm³/mol. The fourth-order valence-corrected chi connectivity index (χ4v) is 5.08. The van der Waals surface area contributed by atoms with Crippen LogP contribution in [0.25, 0.3) is 0 Å². The Kier molecular flexibility index (Phi) is 6.49. The number of furan rings is 1. The summed E-state index contributed by atoms with van der Waals surface area (Å²) in [5, 5.41) is 0.543. The van der Waals surface area contributed by atoms with E-state index in [1.807, 2.05) is 4.90 Å². The topological polar surface area (TPSA) is 53.8 Å². The van der Waals surface area contributed by atoms with Crippen molar-refractivity contribution in [2.45, 2.75) is 24.5 Å². The van der Waals surface area contributed by atoms with Gasteiger partial charge in [-0.25, -0.2) is 0 Å². The minimum Gasteiger partial charge on any atom is -0.455 e. The molecule has 0 spiro atoms. The van der Waals surface area contributed by atoms with Gasteiger partial charge >= 0.3 is 0 Å². The van der Waals surface area contributed by atoms with Crippen LogP contribution >= 0.6 is 11.6 Å². The Hall–Kier alpha value is -2.57. The van der Waals surface area contributed by atoms with Gasteiger partial charge in [-0.2, -0.15) is 0 Å². The van der Waals surface area contributed by atoms with Gasteiger partial charge in [0.05, 0.1) is 16.6 Å². The van der Waals surface area contributed by atoms with Crippen molar-refractivity contribution in [1.29, 1.82) is 0 Å². The largest absolute Gasteiger partial charge is 0.455 e. The average Bonchev–Trinajstić information content (AvgIpc) is 3.23. The number of piperazine rings is 1. The summed E-state index contributed by atoms with van der Waals surface area (Å²) in [6.07, 6.45) is 0. The lowest BCUT2D eigenvalue weighted by Gasteiger charge is -2.36. The molecule has 1 saturated heterocycles. The van der Waals surface area contributed by atoms with Crippen molar-refractivity contribution in [3.8, 4) is 0 Å². The monoisotopic (exact) mass is 456 g/mol. The first-order chi connectivity index (χ1) is 14.9. The lowest BCUT2D eigenvalue weighted by atomic mass is 10.1. The van der Waals surface area contributed by atoms with Crippen molar-refractivity contribution in [3.05, 3.63) is 82.3 Å². The SMILES string of the molecule is Cc1ccc(C)c(N2CCN(C(=O)c3ccc(C[S@@](=O)c4cccc(Cl)c4)o3)CC2)c1. The van der Waals surface area contributed by atoms with Crippen LogP contribution in [0.3, 0.4) is 0 Å². The molecule has 0 saturated carbocycles. The van der Waals surface area contributed by atoms with Crippen molar-refractivity contribution in [2.75, 3.05) is 31.1 Å². The van der Waals surface area contributed by atoms with Crippen LogP contribution in [0.4, 0.5) is 5.69 Å². The van der Waals surface area contributed by atoms with Gasteiger partial charge in [0.1, 0.15) is 5.76 Å². The molecule has 1 aliphatic rings. The molecule has 0 aliphatic carbocycles. The summed E-state index contributed by atoms with van der Waals surface area (Å²) in [6.45, 7) is 7.04. The zero-order chi connectivity index (χ0) is 22.0. The molecule has 1 amide bonds. The van der Waals surface area contributed by atoms with Gasteiger partial charge in [0.15, 0.2) is 5.76 Å². The molecule has 1 aliphatic heterocycles. The maximum absolute atomic E-state index is 12.9. The summed E-state index contributed by atoms with van der Waals surface area (Å²) in [7, 11) is -1.29. The van der Waals surface area contributed by atoms with Crippen LogP contribution in [0.15, 0.2) is 63.9 Å². The Morgan fingerprint density at radius 2 is 1.81 bits per heavy atom. The van der Waals surface area contributed by atoms with Crippen molar-refractivity contribution in [1.82, 2.24) is 4.90 Å². The normalized spacial score (nSPS) is 15.2. The Morgan fingerprint density at radius 3 is 2.55 bits per heavy atom. The summed E-state index contributed by atoms with van der Waals surface area (Å²) in [6, 6.07) is 16.8. The molecule has 3 aromatic rings. The van der Waals surface area contributed by atoms with Crippen LogP contribution in [-0.4, -0.2) is 41.2 Å². The Bertz CT molecular complexity index is 1120. The maximum Gasteiger partial charge on any atom is 0.289 e. The summed E-state index contributed by atoms with van der Waals surface area (Å²) in [4.78, 5) is 17.7. The lowest BCUT2D eigenvalue weighted by molar-refractivity contribution is 0.0713.